The fourth-order valence-corrected chi connectivity index (χ4v) is 1.63. The second kappa shape index (κ2) is 5.24. The molecule has 0 bridgehead atoms. The Kier molecular flexibility index (Phi) is 4.19. The highest BCUT2D eigenvalue weighted by atomic mass is 32.1. The molecule has 1 heterocycles. The Bertz CT molecular complexity index is 428. The van der Waals surface area contributed by atoms with Crippen molar-refractivity contribution < 1.29 is 14.7 Å². The van der Waals surface area contributed by atoms with Crippen molar-refractivity contribution in [2.45, 2.75) is 20.4 Å². The molecule has 0 fully saturated rings. The van der Waals surface area contributed by atoms with Gasteiger partial charge >= 0.3 is 5.97 Å². The van der Waals surface area contributed by atoms with Crippen LogP contribution in [0.1, 0.15) is 29.3 Å². The van der Waals surface area contributed by atoms with Crippen molar-refractivity contribution in [3.8, 4) is 0 Å². The third kappa shape index (κ3) is 3.50. The number of carboxylic acids is 1. The quantitative estimate of drug-likeness (QED) is 0.710. The maximum atomic E-state index is 11.6. The Morgan fingerprint density at radius 3 is 2.71 bits per heavy atom. The van der Waals surface area contributed by atoms with Crippen LogP contribution < -0.4 is 11.1 Å². The van der Waals surface area contributed by atoms with Crippen LogP contribution in [0.4, 0.5) is 0 Å². The smallest absolute Gasteiger partial charge is 0.310 e. The molecular formula is C10H15N3O3S. The largest absolute Gasteiger partial charge is 0.481 e. The number of aliphatic carboxylic acids is 1. The van der Waals surface area contributed by atoms with E-state index in [1.54, 1.807) is 19.2 Å². The van der Waals surface area contributed by atoms with E-state index >= 15 is 0 Å². The summed E-state index contributed by atoms with van der Waals surface area (Å²) in [6.45, 7) is 3.43. The van der Waals surface area contributed by atoms with Crippen LogP contribution in [0.2, 0.25) is 0 Å². The predicted molar refractivity (Wildman–Crippen MR) is 63.8 cm³/mol. The third-order valence-corrected chi connectivity index (χ3v) is 3.10. The highest BCUT2D eigenvalue weighted by Crippen LogP contribution is 2.14. The second-order valence-electron chi connectivity index (χ2n) is 4.20. The molecule has 0 aliphatic rings. The molecule has 0 radical (unpaired) electrons. The molecule has 7 heteroatoms. The van der Waals surface area contributed by atoms with Crippen LogP contribution in [0.5, 0.6) is 0 Å². The number of hydrogen-bond donors (Lipinski definition) is 3. The Labute approximate surface area is 103 Å². The number of rotatable bonds is 5. The van der Waals surface area contributed by atoms with Gasteiger partial charge in [0.1, 0.15) is 10.7 Å². The van der Waals surface area contributed by atoms with E-state index in [1.165, 1.54) is 11.3 Å². The molecule has 0 spiro atoms. The van der Waals surface area contributed by atoms with Crippen LogP contribution in [-0.2, 0) is 11.3 Å². The van der Waals surface area contributed by atoms with Crippen molar-refractivity contribution >= 4 is 23.2 Å². The molecule has 1 aromatic heterocycles. The molecule has 0 atom stereocenters. The maximum Gasteiger partial charge on any atom is 0.310 e. The number of carbonyl (C=O) groups excluding carboxylic acids is 1. The van der Waals surface area contributed by atoms with Gasteiger partial charge in [-0.05, 0) is 13.8 Å². The molecule has 1 aromatic rings. The molecule has 1 amide bonds. The number of hydrogen-bond acceptors (Lipinski definition) is 5. The number of nitrogens with one attached hydrogen (secondary N) is 1. The summed E-state index contributed by atoms with van der Waals surface area (Å²) >= 11 is 1.30. The number of amides is 1. The first kappa shape index (κ1) is 13.6. The van der Waals surface area contributed by atoms with E-state index in [2.05, 4.69) is 10.3 Å². The lowest BCUT2D eigenvalue weighted by Crippen LogP contribution is -2.39. The fourth-order valence-electron chi connectivity index (χ4n) is 0.976. The number of carbonyl (C=O) groups is 2. The Hall–Kier alpha value is -1.47. The first-order valence-electron chi connectivity index (χ1n) is 5.03. The van der Waals surface area contributed by atoms with Crippen LogP contribution in [-0.4, -0.2) is 28.5 Å². The van der Waals surface area contributed by atoms with Gasteiger partial charge in [0.15, 0.2) is 0 Å². The highest BCUT2D eigenvalue weighted by Gasteiger charge is 2.27. The molecule has 6 nitrogen and oxygen atoms in total. The molecule has 0 aliphatic heterocycles. The summed E-state index contributed by atoms with van der Waals surface area (Å²) < 4.78 is 0. The van der Waals surface area contributed by atoms with Crippen molar-refractivity contribution in [2.24, 2.45) is 11.1 Å². The minimum atomic E-state index is -0.998. The van der Waals surface area contributed by atoms with Gasteiger partial charge in [-0.25, -0.2) is 4.98 Å². The van der Waals surface area contributed by atoms with Crippen LogP contribution in [0.25, 0.3) is 0 Å². The maximum absolute atomic E-state index is 11.6. The highest BCUT2D eigenvalue weighted by molar-refractivity contribution is 7.09. The van der Waals surface area contributed by atoms with E-state index in [0.29, 0.717) is 11.6 Å². The number of aromatic nitrogens is 1. The van der Waals surface area contributed by atoms with E-state index < -0.39 is 11.4 Å². The molecule has 94 valence electrons. The number of nitrogens with two attached hydrogens (primary N) is 1. The summed E-state index contributed by atoms with van der Waals surface area (Å²) in [7, 11) is 0. The topological polar surface area (TPSA) is 105 Å². The van der Waals surface area contributed by atoms with Gasteiger partial charge in [-0.15, -0.1) is 11.3 Å². The summed E-state index contributed by atoms with van der Waals surface area (Å²) in [6, 6.07) is 0. The summed E-state index contributed by atoms with van der Waals surface area (Å²) in [6.07, 6.45) is 0. The average Bonchev–Trinajstić information content (AvgIpc) is 2.74. The van der Waals surface area contributed by atoms with Crippen LogP contribution in [0.15, 0.2) is 5.38 Å². The normalized spacial score (nSPS) is 11.2. The number of carboxylic acid groups (broad SMARTS) is 1. The van der Waals surface area contributed by atoms with Gasteiger partial charge in [0.25, 0.3) is 5.91 Å². The number of thiazole rings is 1. The van der Waals surface area contributed by atoms with Crippen molar-refractivity contribution in [3.05, 3.63) is 16.1 Å². The van der Waals surface area contributed by atoms with E-state index in [-0.39, 0.29) is 18.1 Å². The monoisotopic (exact) mass is 257 g/mol. The lowest BCUT2D eigenvalue weighted by molar-refractivity contribution is -0.146. The molecular weight excluding hydrogens is 242 g/mol. The molecule has 0 saturated carbocycles. The Morgan fingerprint density at radius 2 is 2.24 bits per heavy atom. The first-order valence-corrected chi connectivity index (χ1v) is 5.91. The second-order valence-corrected chi connectivity index (χ2v) is 5.14. The van der Waals surface area contributed by atoms with Crippen molar-refractivity contribution in [1.29, 1.82) is 0 Å². The Balaban J connectivity index is 2.58. The Morgan fingerprint density at radius 1 is 1.59 bits per heavy atom. The zero-order valence-electron chi connectivity index (χ0n) is 9.69. The van der Waals surface area contributed by atoms with Gasteiger partial charge in [0, 0.05) is 18.5 Å². The molecule has 0 aromatic carbocycles. The van der Waals surface area contributed by atoms with Crippen molar-refractivity contribution in [1.82, 2.24) is 10.3 Å². The molecule has 0 aliphatic carbocycles. The summed E-state index contributed by atoms with van der Waals surface area (Å²) in [5.41, 5.74) is 4.66. The molecule has 0 unspecified atom stereocenters. The molecule has 17 heavy (non-hydrogen) atoms. The van der Waals surface area contributed by atoms with E-state index in [4.69, 9.17) is 10.8 Å². The van der Waals surface area contributed by atoms with Gasteiger partial charge in [-0.2, -0.15) is 0 Å². The molecule has 0 saturated heterocycles. The third-order valence-electron chi connectivity index (χ3n) is 2.23. The fraction of sp³-hybridized carbons (Fsp3) is 0.500. The van der Waals surface area contributed by atoms with Gasteiger partial charge in [0.2, 0.25) is 0 Å². The summed E-state index contributed by atoms with van der Waals surface area (Å²) in [4.78, 5) is 26.5. The predicted octanol–water partition coefficient (Wildman–Crippen LogP) is 0.442. The lowest BCUT2D eigenvalue weighted by Gasteiger charge is -2.18. The van der Waals surface area contributed by atoms with Gasteiger partial charge in [-0.1, -0.05) is 0 Å². The minimum Gasteiger partial charge on any atom is -0.481 e. The van der Waals surface area contributed by atoms with Gasteiger partial charge in [-0.3, -0.25) is 9.59 Å². The SMILES string of the molecule is CC(C)(CNC(=O)c1csc(CN)n1)C(=O)O. The zero-order chi connectivity index (χ0) is 13.1. The van der Waals surface area contributed by atoms with E-state index in [9.17, 15) is 9.59 Å². The van der Waals surface area contributed by atoms with E-state index in [0.717, 1.165) is 0 Å². The average molecular weight is 257 g/mol. The lowest BCUT2D eigenvalue weighted by atomic mass is 9.94. The molecule has 4 N–H and O–H groups in total. The summed E-state index contributed by atoms with van der Waals surface area (Å²) in [5.74, 6) is -1.34. The minimum absolute atomic E-state index is 0.0522. The van der Waals surface area contributed by atoms with Crippen LogP contribution in [0.3, 0.4) is 0 Å². The number of nitrogens with zero attached hydrogens (tertiary/aromatic N) is 1. The zero-order valence-corrected chi connectivity index (χ0v) is 10.5. The first-order chi connectivity index (χ1) is 7.86. The van der Waals surface area contributed by atoms with E-state index in [1.807, 2.05) is 0 Å². The van der Waals surface area contributed by atoms with Gasteiger partial charge in [0.05, 0.1) is 5.41 Å². The standard InChI is InChI=1S/C10H15N3O3S/c1-10(2,9(15)16)5-12-8(14)6-4-17-7(3-11)13-6/h4H,3,5,11H2,1-2H3,(H,12,14)(H,15,16). The van der Waals surface area contributed by atoms with Crippen LogP contribution >= 0.6 is 11.3 Å². The van der Waals surface area contributed by atoms with Crippen LogP contribution in [0, 0.1) is 5.41 Å². The molecule has 1 rings (SSSR count). The summed E-state index contributed by atoms with van der Waals surface area (Å²) in [5, 5.41) is 13.7. The van der Waals surface area contributed by atoms with Crippen molar-refractivity contribution in [2.75, 3.05) is 6.54 Å². The van der Waals surface area contributed by atoms with Gasteiger partial charge < -0.3 is 16.2 Å². The van der Waals surface area contributed by atoms with Crippen molar-refractivity contribution in [3.63, 3.8) is 0 Å².